The van der Waals surface area contributed by atoms with Crippen LogP contribution in [0, 0.1) is 11.3 Å². The fourth-order valence-electron chi connectivity index (χ4n) is 1.54. The Morgan fingerprint density at radius 1 is 1.53 bits per heavy atom. The maximum atomic E-state index is 8.74. The lowest BCUT2D eigenvalue weighted by molar-refractivity contribution is 0.164. The van der Waals surface area contributed by atoms with Crippen molar-refractivity contribution in [1.29, 1.82) is 5.26 Å². The second kappa shape index (κ2) is 7.29. The lowest BCUT2D eigenvalue weighted by Gasteiger charge is -2.16. The van der Waals surface area contributed by atoms with Gasteiger partial charge in [0.05, 0.1) is 18.2 Å². The summed E-state index contributed by atoms with van der Waals surface area (Å²) in [7, 11) is 1.69. The molecule has 92 valence electrons. The first-order valence-corrected chi connectivity index (χ1v) is 5.99. The van der Waals surface area contributed by atoms with Gasteiger partial charge in [0.15, 0.2) is 0 Å². The topological polar surface area (TPSA) is 45.0 Å². The van der Waals surface area contributed by atoms with Crippen molar-refractivity contribution < 1.29 is 4.74 Å². The number of nitriles is 1. The van der Waals surface area contributed by atoms with E-state index in [1.807, 2.05) is 6.07 Å². The average molecular weight is 253 g/mol. The van der Waals surface area contributed by atoms with Gasteiger partial charge in [0.2, 0.25) is 0 Å². The van der Waals surface area contributed by atoms with Crippen LogP contribution in [0.3, 0.4) is 0 Å². The van der Waals surface area contributed by atoms with Crippen molar-refractivity contribution in [2.45, 2.75) is 25.9 Å². The highest BCUT2D eigenvalue weighted by Crippen LogP contribution is 2.17. The molecule has 1 rings (SSSR count). The normalized spacial score (nSPS) is 12.1. The molecule has 1 aromatic carbocycles. The number of hydrogen-bond donors (Lipinski definition) is 1. The Bertz CT molecular complexity index is 401. The summed E-state index contributed by atoms with van der Waals surface area (Å²) in [5.41, 5.74) is 1.59. The van der Waals surface area contributed by atoms with Crippen LogP contribution < -0.4 is 5.32 Å². The van der Waals surface area contributed by atoms with Crippen LogP contribution >= 0.6 is 11.6 Å². The molecule has 1 atom stereocenters. The van der Waals surface area contributed by atoms with E-state index >= 15 is 0 Å². The van der Waals surface area contributed by atoms with Crippen molar-refractivity contribution in [3.8, 4) is 6.07 Å². The van der Waals surface area contributed by atoms with Crippen LogP contribution in [0.25, 0.3) is 0 Å². The molecule has 0 aromatic heterocycles. The van der Waals surface area contributed by atoms with Crippen LogP contribution in [0.4, 0.5) is 0 Å². The number of benzene rings is 1. The number of nitrogens with one attached hydrogen (secondary N) is 1. The minimum Gasteiger partial charge on any atom is -0.383 e. The zero-order valence-electron chi connectivity index (χ0n) is 10.2. The van der Waals surface area contributed by atoms with Crippen molar-refractivity contribution in [2.75, 3.05) is 13.7 Å². The molecule has 0 aliphatic heterocycles. The van der Waals surface area contributed by atoms with Gasteiger partial charge in [-0.05, 0) is 24.1 Å². The molecule has 0 bridgehead atoms. The highest BCUT2D eigenvalue weighted by Gasteiger charge is 2.07. The Morgan fingerprint density at radius 2 is 2.29 bits per heavy atom. The van der Waals surface area contributed by atoms with E-state index in [1.165, 1.54) is 0 Å². The summed E-state index contributed by atoms with van der Waals surface area (Å²) in [6.45, 7) is 3.48. The third kappa shape index (κ3) is 4.35. The second-order valence-electron chi connectivity index (χ2n) is 3.86. The molecule has 4 heteroatoms. The van der Waals surface area contributed by atoms with Crippen LogP contribution in [-0.2, 0) is 11.3 Å². The maximum absolute atomic E-state index is 8.74. The number of nitrogens with zero attached hydrogens (tertiary/aromatic N) is 1. The van der Waals surface area contributed by atoms with Crippen LogP contribution in [-0.4, -0.2) is 19.8 Å². The van der Waals surface area contributed by atoms with Gasteiger partial charge in [0.25, 0.3) is 0 Å². The van der Waals surface area contributed by atoms with Gasteiger partial charge in [-0.1, -0.05) is 24.6 Å². The first-order chi connectivity index (χ1) is 8.21. The molecule has 0 radical (unpaired) electrons. The van der Waals surface area contributed by atoms with Gasteiger partial charge >= 0.3 is 0 Å². The van der Waals surface area contributed by atoms with E-state index in [0.29, 0.717) is 29.8 Å². The zero-order chi connectivity index (χ0) is 12.7. The third-order valence-electron chi connectivity index (χ3n) is 2.62. The third-order valence-corrected chi connectivity index (χ3v) is 2.98. The first kappa shape index (κ1) is 14.0. The molecule has 0 heterocycles. The molecule has 0 aliphatic carbocycles. The SMILES string of the molecule is CCC(COC)NCc1ccc(C#N)cc1Cl. The molecule has 17 heavy (non-hydrogen) atoms. The Kier molecular flexibility index (Phi) is 5.99. The summed E-state index contributed by atoms with van der Waals surface area (Å²) in [6, 6.07) is 7.74. The Labute approximate surface area is 107 Å². The summed E-state index contributed by atoms with van der Waals surface area (Å²) in [4.78, 5) is 0. The van der Waals surface area contributed by atoms with Gasteiger partial charge in [-0.25, -0.2) is 0 Å². The average Bonchev–Trinajstić information content (AvgIpc) is 2.35. The molecule has 1 N–H and O–H groups in total. The highest BCUT2D eigenvalue weighted by atomic mass is 35.5. The Hall–Kier alpha value is -1.08. The van der Waals surface area contributed by atoms with Crippen molar-refractivity contribution in [2.24, 2.45) is 0 Å². The van der Waals surface area contributed by atoms with Crippen LogP contribution in [0.2, 0.25) is 5.02 Å². The summed E-state index contributed by atoms with van der Waals surface area (Å²) in [6.07, 6.45) is 1.00. The summed E-state index contributed by atoms with van der Waals surface area (Å²) < 4.78 is 5.11. The van der Waals surface area contributed by atoms with Gasteiger partial charge in [-0.3, -0.25) is 0 Å². The lowest BCUT2D eigenvalue weighted by atomic mass is 10.1. The molecule has 0 saturated carbocycles. The minimum absolute atomic E-state index is 0.326. The Morgan fingerprint density at radius 3 is 2.82 bits per heavy atom. The van der Waals surface area contributed by atoms with Gasteiger partial charge < -0.3 is 10.1 Å². The van der Waals surface area contributed by atoms with E-state index in [1.54, 1.807) is 19.2 Å². The van der Waals surface area contributed by atoms with Crippen molar-refractivity contribution in [1.82, 2.24) is 5.32 Å². The summed E-state index contributed by atoms with van der Waals surface area (Å²) in [5.74, 6) is 0. The Balaban J connectivity index is 2.60. The zero-order valence-corrected chi connectivity index (χ0v) is 10.9. The monoisotopic (exact) mass is 252 g/mol. The van der Waals surface area contributed by atoms with E-state index in [2.05, 4.69) is 18.3 Å². The molecular formula is C13H17ClN2O. The van der Waals surface area contributed by atoms with Gasteiger partial charge in [0.1, 0.15) is 0 Å². The van der Waals surface area contributed by atoms with Crippen molar-refractivity contribution >= 4 is 11.6 Å². The minimum atomic E-state index is 0.326. The number of halogens is 1. The smallest absolute Gasteiger partial charge is 0.0992 e. The molecule has 0 amide bonds. The highest BCUT2D eigenvalue weighted by molar-refractivity contribution is 6.31. The van der Waals surface area contributed by atoms with E-state index in [0.717, 1.165) is 12.0 Å². The van der Waals surface area contributed by atoms with Crippen LogP contribution in [0.15, 0.2) is 18.2 Å². The van der Waals surface area contributed by atoms with Crippen molar-refractivity contribution in [3.63, 3.8) is 0 Å². The molecule has 1 unspecified atom stereocenters. The second-order valence-corrected chi connectivity index (χ2v) is 4.27. The van der Waals surface area contributed by atoms with Gasteiger partial charge in [-0.15, -0.1) is 0 Å². The quantitative estimate of drug-likeness (QED) is 0.847. The maximum Gasteiger partial charge on any atom is 0.0992 e. The summed E-state index contributed by atoms with van der Waals surface area (Å²) in [5, 5.41) is 12.7. The lowest BCUT2D eigenvalue weighted by Crippen LogP contribution is -2.32. The number of hydrogen-bond acceptors (Lipinski definition) is 3. The van der Waals surface area contributed by atoms with Crippen LogP contribution in [0.5, 0.6) is 0 Å². The molecule has 0 aliphatic rings. The van der Waals surface area contributed by atoms with Crippen LogP contribution in [0.1, 0.15) is 24.5 Å². The molecule has 0 fully saturated rings. The van der Waals surface area contributed by atoms with Gasteiger partial charge in [-0.2, -0.15) is 5.26 Å². The number of methoxy groups -OCH3 is 1. The largest absolute Gasteiger partial charge is 0.383 e. The molecule has 3 nitrogen and oxygen atoms in total. The first-order valence-electron chi connectivity index (χ1n) is 5.62. The predicted octanol–water partition coefficient (Wildman–Crippen LogP) is 2.73. The van der Waals surface area contributed by atoms with Crippen molar-refractivity contribution in [3.05, 3.63) is 34.3 Å². The standard InChI is InChI=1S/C13H17ClN2O/c1-3-12(9-17-2)16-8-11-5-4-10(7-15)6-13(11)14/h4-6,12,16H,3,8-9H2,1-2H3. The predicted molar refractivity (Wildman–Crippen MR) is 69.0 cm³/mol. The van der Waals surface area contributed by atoms with E-state index in [9.17, 15) is 0 Å². The van der Waals surface area contributed by atoms with E-state index in [4.69, 9.17) is 21.6 Å². The number of ether oxygens (including phenoxy) is 1. The molecular weight excluding hydrogens is 236 g/mol. The van der Waals surface area contributed by atoms with E-state index in [-0.39, 0.29) is 0 Å². The fraction of sp³-hybridized carbons (Fsp3) is 0.462. The molecule has 0 spiro atoms. The fourth-order valence-corrected chi connectivity index (χ4v) is 1.78. The molecule has 0 saturated heterocycles. The molecule has 1 aromatic rings. The van der Waals surface area contributed by atoms with Gasteiger partial charge in [0, 0.05) is 24.7 Å². The van der Waals surface area contributed by atoms with E-state index < -0.39 is 0 Å². The number of rotatable bonds is 6. The summed E-state index contributed by atoms with van der Waals surface area (Å²) >= 11 is 6.09.